The largest absolute Gasteiger partial charge is 0.322 e. The Labute approximate surface area is 160 Å². The fraction of sp³-hybridized carbons (Fsp3) is 0.160. The van der Waals surface area contributed by atoms with E-state index in [9.17, 15) is 4.79 Å². The van der Waals surface area contributed by atoms with E-state index >= 15 is 0 Å². The second-order valence-electron chi connectivity index (χ2n) is 7.39. The van der Waals surface area contributed by atoms with Crippen molar-refractivity contribution in [2.45, 2.75) is 20.3 Å². The van der Waals surface area contributed by atoms with E-state index in [1.54, 1.807) is 0 Å². The van der Waals surface area contributed by atoms with Gasteiger partial charge in [-0.05, 0) is 64.4 Å². The van der Waals surface area contributed by atoms with Crippen LogP contribution in [0, 0.1) is 5.92 Å². The molecule has 1 aliphatic carbocycles. The Morgan fingerprint density at radius 3 is 2.44 bits per heavy atom. The Morgan fingerprint density at radius 2 is 1.67 bits per heavy atom. The maximum Gasteiger partial charge on any atom is 0.255 e. The average molecular weight is 353 g/mol. The fourth-order valence-corrected chi connectivity index (χ4v) is 3.48. The lowest BCUT2D eigenvalue weighted by atomic mass is 10.1. The number of carbonyl (C=O) groups excluding carboxylic acids is 1. The number of fused-ring (bicyclic) bond motifs is 3. The van der Waals surface area contributed by atoms with Crippen molar-refractivity contribution in [1.82, 2.24) is 0 Å². The van der Waals surface area contributed by atoms with Gasteiger partial charge in [-0.1, -0.05) is 68.5 Å². The molecule has 0 heterocycles. The first kappa shape index (κ1) is 17.3. The van der Waals surface area contributed by atoms with Crippen molar-refractivity contribution in [2.24, 2.45) is 5.92 Å². The first-order chi connectivity index (χ1) is 13.1. The average Bonchev–Trinajstić information content (AvgIpc) is 3.04. The normalized spacial score (nSPS) is 12.3. The van der Waals surface area contributed by atoms with Gasteiger partial charge in [0.15, 0.2) is 0 Å². The second-order valence-corrected chi connectivity index (χ2v) is 7.39. The van der Waals surface area contributed by atoms with E-state index in [4.69, 9.17) is 0 Å². The molecule has 0 unspecified atom stereocenters. The maximum absolute atomic E-state index is 12.6. The molecule has 0 aliphatic heterocycles. The van der Waals surface area contributed by atoms with Gasteiger partial charge in [0.1, 0.15) is 0 Å². The summed E-state index contributed by atoms with van der Waals surface area (Å²) in [6, 6.07) is 22.4. The van der Waals surface area contributed by atoms with Crippen molar-refractivity contribution < 1.29 is 4.79 Å². The summed E-state index contributed by atoms with van der Waals surface area (Å²) in [4.78, 5) is 12.6. The predicted octanol–water partition coefficient (Wildman–Crippen LogP) is 6.18. The monoisotopic (exact) mass is 353 g/mol. The summed E-state index contributed by atoms with van der Waals surface area (Å²) in [5.74, 6) is 0.434. The standard InChI is InChI=1S/C25H23NO/c1-17(2)7-8-18-9-11-19(12-10-18)25(27)26-22-13-14-24-21(16-22)15-20-5-3-4-6-23(20)24/h3-14,16-17H,15H2,1-2H3,(H,26,27). The second kappa shape index (κ2) is 7.24. The lowest BCUT2D eigenvalue weighted by Crippen LogP contribution is -2.11. The molecular weight excluding hydrogens is 330 g/mol. The van der Waals surface area contributed by atoms with Gasteiger partial charge in [-0.25, -0.2) is 0 Å². The molecule has 0 atom stereocenters. The summed E-state index contributed by atoms with van der Waals surface area (Å²) in [5.41, 5.74) is 7.80. The molecule has 3 aromatic rings. The molecule has 0 fully saturated rings. The Hall–Kier alpha value is -3.13. The molecule has 3 aromatic carbocycles. The lowest BCUT2D eigenvalue weighted by Gasteiger charge is -2.08. The highest BCUT2D eigenvalue weighted by Crippen LogP contribution is 2.37. The van der Waals surface area contributed by atoms with Crippen LogP contribution < -0.4 is 5.32 Å². The van der Waals surface area contributed by atoms with E-state index < -0.39 is 0 Å². The number of allylic oxidation sites excluding steroid dienone is 1. The number of hydrogen-bond donors (Lipinski definition) is 1. The topological polar surface area (TPSA) is 29.1 Å². The Balaban J connectivity index is 1.48. The summed E-state index contributed by atoms with van der Waals surface area (Å²) in [5, 5.41) is 3.03. The molecule has 2 nitrogen and oxygen atoms in total. The molecule has 0 radical (unpaired) electrons. The van der Waals surface area contributed by atoms with Gasteiger partial charge in [0.2, 0.25) is 0 Å². The number of benzene rings is 3. The SMILES string of the molecule is CC(C)C=Cc1ccc(C(=O)Nc2ccc3c(c2)Cc2ccccc2-3)cc1. The molecule has 134 valence electrons. The predicted molar refractivity (Wildman–Crippen MR) is 113 cm³/mol. The third-order valence-electron chi connectivity index (χ3n) is 4.90. The lowest BCUT2D eigenvalue weighted by molar-refractivity contribution is 0.102. The zero-order chi connectivity index (χ0) is 18.8. The molecule has 0 aromatic heterocycles. The third kappa shape index (κ3) is 3.70. The molecule has 0 spiro atoms. The van der Waals surface area contributed by atoms with Crippen LogP contribution in [0.3, 0.4) is 0 Å². The van der Waals surface area contributed by atoms with E-state index in [1.165, 1.54) is 22.3 Å². The van der Waals surface area contributed by atoms with Gasteiger partial charge in [0.25, 0.3) is 5.91 Å². The maximum atomic E-state index is 12.6. The molecule has 0 saturated carbocycles. The minimum Gasteiger partial charge on any atom is -0.322 e. The van der Waals surface area contributed by atoms with E-state index in [0.29, 0.717) is 11.5 Å². The summed E-state index contributed by atoms with van der Waals surface area (Å²) in [6.07, 6.45) is 5.16. The van der Waals surface area contributed by atoms with Crippen molar-refractivity contribution >= 4 is 17.7 Å². The first-order valence-electron chi connectivity index (χ1n) is 9.41. The number of carbonyl (C=O) groups is 1. The summed E-state index contributed by atoms with van der Waals surface area (Å²) in [7, 11) is 0. The van der Waals surface area contributed by atoms with Gasteiger partial charge < -0.3 is 5.32 Å². The van der Waals surface area contributed by atoms with Gasteiger partial charge >= 0.3 is 0 Å². The molecule has 1 aliphatic rings. The van der Waals surface area contributed by atoms with Gasteiger partial charge in [-0.3, -0.25) is 4.79 Å². The minimum absolute atomic E-state index is 0.0788. The Bertz CT molecular complexity index is 1010. The molecule has 0 saturated heterocycles. The Kier molecular flexibility index (Phi) is 4.64. The van der Waals surface area contributed by atoms with Gasteiger partial charge in [0, 0.05) is 11.3 Å². The van der Waals surface area contributed by atoms with Gasteiger partial charge in [-0.15, -0.1) is 0 Å². The van der Waals surface area contributed by atoms with Crippen LogP contribution >= 0.6 is 0 Å². The summed E-state index contributed by atoms with van der Waals surface area (Å²) in [6.45, 7) is 4.29. The van der Waals surface area contributed by atoms with Crippen molar-refractivity contribution in [3.8, 4) is 11.1 Å². The third-order valence-corrected chi connectivity index (χ3v) is 4.90. The summed E-state index contributed by atoms with van der Waals surface area (Å²) < 4.78 is 0. The van der Waals surface area contributed by atoms with Crippen LogP contribution in [0.5, 0.6) is 0 Å². The highest BCUT2D eigenvalue weighted by Gasteiger charge is 2.18. The number of amides is 1. The van der Waals surface area contributed by atoms with Crippen molar-refractivity contribution in [3.05, 3.63) is 95.1 Å². The van der Waals surface area contributed by atoms with Crippen molar-refractivity contribution in [1.29, 1.82) is 0 Å². The molecule has 27 heavy (non-hydrogen) atoms. The molecule has 4 rings (SSSR count). The molecule has 2 heteroatoms. The van der Waals surface area contributed by atoms with Crippen LogP contribution in [-0.2, 0) is 6.42 Å². The van der Waals surface area contributed by atoms with Crippen LogP contribution in [0.2, 0.25) is 0 Å². The smallest absolute Gasteiger partial charge is 0.255 e. The van der Waals surface area contributed by atoms with E-state index in [1.807, 2.05) is 30.3 Å². The Morgan fingerprint density at radius 1 is 0.926 bits per heavy atom. The first-order valence-corrected chi connectivity index (χ1v) is 9.41. The molecule has 1 N–H and O–H groups in total. The number of nitrogens with one attached hydrogen (secondary N) is 1. The zero-order valence-corrected chi connectivity index (χ0v) is 15.7. The van der Waals surface area contributed by atoms with Crippen LogP contribution in [0.25, 0.3) is 17.2 Å². The van der Waals surface area contributed by atoms with E-state index in [-0.39, 0.29) is 5.91 Å². The number of rotatable bonds is 4. The minimum atomic E-state index is -0.0788. The molecule has 0 bridgehead atoms. The number of anilines is 1. The quantitative estimate of drug-likeness (QED) is 0.466. The van der Waals surface area contributed by atoms with Gasteiger partial charge in [0.05, 0.1) is 0 Å². The highest BCUT2D eigenvalue weighted by atomic mass is 16.1. The van der Waals surface area contributed by atoms with Crippen LogP contribution in [-0.4, -0.2) is 5.91 Å². The van der Waals surface area contributed by atoms with Crippen LogP contribution in [0.4, 0.5) is 5.69 Å². The van der Waals surface area contributed by atoms with E-state index in [0.717, 1.165) is 17.7 Å². The summed E-state index contributed by atoms with van der Waals surface area (Å²) >= 11 is 0. The number of hydrogen-bond acceptors (Lipinski definition) is 1. The zero-order valence-electron chi connectivity index (χ0n) is 15.7. The van der Waals surface area contributed by atoms with Crippen molar-refractivity contribution in [2.75, 3.05) is 5.32 Å². The van der Waals surface area contributed by atoms with Gasteiger partial charge in [-0.2, -0.15) is 0 Å². The van der Waals surface area contributed by atoms with Crippen LogP contribution in [0.1, 0.15) is 40.9 Å². The molecule has 1 amide bonds. The van der Waals surface area contributed by atoms with Crippen molar-refractivity contribution in [3.63, 3.8) is 0 Å². The fourth-order valence-electron chi connectivity index (χ4n) is 3.48. The van der Waals surface area contributed by atoms with Crippen LogP contribution in [0.15, 0.2) is 72.8 Å². The molecular formula is C25H23NO. The van der Waals surface area contributed by atoms with E-state index in [2.05, 4.69) is 67.7 Å². The highest BCUT2D eigenvalue weighted by molar-refractivity contribution is 6.04.